The Bertz CT molecular complexity index is 537. The van der Waals surface area contributed by atoms with Crippen molar-refractivity contribution in [2.45, 2.75) is 6.10 Å². The minimum atomic E-state index is -0.709. The van der Waals surface area contributed by atoms with Crippen LogP contribution in [0.25, 0.3) is 0 Å². The quantitative estimate of drug-likeness (QED) is 0.508. The molecule has 0 aliphatic carbocycles. The van der Waals surface area contributed by atoms with E-state index in [1.54, 1.807) is 4.90 Å². The van der Waals surface area contributed by atoms with Gasteiger partial charge in [0.05, 0.1) is 25.8 Å². The third-order valence-electron chi connectivity index (χ3n) is 2.98. The van der Waals surface area contributed by atoms with E-state index < -0.39 is 12.1 Å². The maximum atomic E-state index is 12.5. The fourth-order valence-corrected chi connectivity index (χ4v) is 2.85. The first-order chi connectivity index (χ1) is 9.52. The van der Waals surface area contributed by atoms with Gasteiger partial charge in [-0.3, -0.25) is 4.79 Å². The lowest BCUT2D eigenvalue weighted by atomic mass is 10.1. The molecule has 0 saturated carbocycles. The van der Waals surface area contributed by atoms with Gasteiger partial charge in [-0.05, 0) is 56.7 Å². The summed E-state index contributed by atoms with van der Waals surface area (Å²) >= 11 is 5.54. The summed E-state index contributed by atoms with van der Waals surface area (Å²) in [7, 11) is 1.31. The minimum Gasteiger partial charge on any atom is -0.467 e. The number of benzene rings is 1. The molecule has 1 saturated heterocycles. The molecule has 2 rings (SSSR count). The van der Waals surface area contributed by atoms with Crippen molar-refractivity contribution >= 4 is 50.4 Å². The number of morpholine rings is 1. The Morgan fingerprint density at radius 2 is 2.25 bits per heavy atom. The molecule has 1 fully saturated rings. The molecule has 0 bridgehead atoms. The molecule has 1 amide bonds. The van der Waals surface area contributed by atoms with E-state index in [1.165, 1.54) is 7.11 Å². The normalized spacial score (nSPS) is 18.8. The predicted molar refractivity (Wildman–Crippen MR) is 84.5 cm³/mol. The number of carbonyl (C=O) groups excluding carboxylic acids is 2. The van der Waals surface area contributed by atoms with Crippen molar-refractivity contribution in [3.05, 3.63) is 31.8 Å². The number of methoxy groups -OCH3 is 1. The van der Waals surface area contributed by atoms with E-state index in [0.717, 1.165) is 8.04 Å². The minimum absolute atomic E-state index is 0.118. The summed E-state index contributed by atoms with van der Waals surface area (Å²) in [4.78, 5) is 25.6. The predicted octanol–water partition coefficient (Wildman–Crippen LogP) is 2.07. The summed E-state index contributed by atoms with van der Waals surface area (Å²) in [5, 5.41) is 0. The van der Waals surface area contributed by atoms with Gasteiger partial charge in [-0.15, -0.1) is 0 Å². The largest absolute Gasteiger partial charge is 0.467 e. The van der Waals surface area contributed by atoms with Crippen LogP contribution in [0.15, 0.2) is 22.7 Å². The smallest absolute Gasteiger partial charge is 0.336 e. The first-order valence-corrected chi connectivity index (χ1v) is 7.84. The van der Waals surface area contributed by atoms with Gasteiger partial charge in [0.2, 0.25) is 0 Å². The average molecular weight is 454 g/mol. The highest BCUT2D eigenvalue weighted by Gasteiger charge is 2.30. The molecule has 0 N–H and O–H groups in total. The molecule has 108 valence electrons. The average Bonchev–Trinajstić information content (AvgIpc) is 2.48. The number of hydrogen-bond acceptors (Lipinski definition) is 4. The Kier molecular flexibility index (Phi) is 5.39. The first-order valence-electron chi connectivity index (χ1n) is 5.96. The maximum absolute atomic E-state index is 12.5. The summed E-state index contributed by atoms with van der Waals surface area (Å²) in [5.74, 6) is -0.572. The van der Waals surface area contributed by atoms with Crippen molar-refractivity contribution in [2.24, 2.45) is 0 Å². The van der Waals surface area contributed by atoms with Crippen LogP contribution >= 0.6 is 38.5 Å². The van der Waals surface area contributed by atoms with E-state index in [9.17, 15) is 9.59 Å². The molecule has 5 nitrogen and oxygen atoms in total. The van der Waals surface area contributed by atoms with Crippen LogP contribution in [0, 0.1) is 3.57 Å². The standard InChI is InChI=1S/C13H13BrINO4/c1-19-13(18)11-7-16(4-5-20-11)12(17)9-6-8(15)2-3-10(9)14/h2-3,6,11H,4-5,7H2,1H3. The van der Waals surface area contributed by atoms with Gasteiger partial charge in [0.15, 0.2) is 6.10 Å². The number of hydrogen-bond donors (Lipinski definition) is 0. The van der Waals surface area contributed by atoms with Gasteiger partial charge < -0.3 is 14.4 Å². The lowest BCUT2D eigenvalue weighted by Gasteiger charge is -2.31. The monoisotopic (exact) mass is 453 g/mol. The van der Waals surface area contributed by atoms with Crippen LogP contribution in [-0.2, 0) is 14.3 Å². The molecule has 0 aromatic heterocycles. The Labute approximate surface area is 138 Å². The second kappa shape index (κ2) is 6.86. The number of nitrogens with zero attached hydrogens (tertiary/aromatic N) is 1. The van der Waals surface area contributed by atoms with Gasteiger partial charge in [0, 0.05) is 14.6 Å². The summed E-state index contributed by atoms with van der Waals surface area (Å²) < 4.78 is 11.7. The van der Waals surface area contributed by atoms with Crippen LogP contribution in [0.1, 0.15) is 10.4 Å². The molecule has 0 radical (unpaired) electrons. The number of halogens is 2. The van der Waals surface area contributed by atoms with Gasteiger partial charge in [-0.2, -0.15) is 0 Å². The number of rotatable bonds is 2. The molecule has 1 aromatic carbocycles. The molecular formula is C13H13BrINO4. The van der Waals surface area contributed by atoms with Gasteiger partial charge in [-0.25, -0.2) is 4.79 Å². The van der Waals surface area contributed by atoms with Crippen molar-refractivity contribution in [1.29, 1.82) is 0 Å². The van der Waals surface area contributed by atoms with Crippen LogP contribution in [-0.4, -0.2) is 49.7 Å². The number of carbonyl (C=O) groups is 2. The van der Waals surface area contributed by atoms with E-state index in [4.69, 9.17) is 4.74 Å². The summed E-state index contributed by atoms with van der Waals surface area (Å²) in [5.41, 5.74) is 0.586. The van der Waals surface area contributed by atoms with Crippen LogP contribution < -0.4 is 0 Å². The summed E-state index contributed by atoms with van der Waals surface area (Å²) in [6.07, 6.45) is -0.709. The highest BCUT2D eigenvalue weighted by Crippen LogP contribution is 2.22. The lowest BCUT2D eigenvalue weighted by molar-refractivity contribution is -0.158. The lowest BCUT2D eigenvalue weighted by Crippen LogP contribution is -2.49. The van der Waals surface area contributed by atoms with Crippen molar-refractivity contribution < 1.29 is 19.1 Å². The molecule has 1 heterocycles. The molecule has 20 heavy (non-hydrogen) atoms. The Morgan fingerprint density at radius 3 is 2.95 bits per heavy atom. The molecule has 1 atom stereocenters. The first kappa shape index (κ1) is 15.7. The van der Waals surface area contributed by atoms with Crippen molar-refractivity contribution in [1.82, 2.24) is 4.90 Å². The highest BCUT2D eigenvalue weighted by molar-refractivity contribution is 14.1. The highest BCUT2D eigenvalue weighted by atomic mass is 127. The molecule has 7 heteroatoms. The Morgan fingerprint density at radius 1 is 1.50 bits per heavy atom. The van der Waals surface area contributed by atoms with Crippen LogP contribution in [0.4, 0.5) is 0 Å². The zero-order chi connectivity index (χ0) is 14.7. The van der Waals surface area contributed by atoms with Crippen molar-refractivity contribution in [2.75, 3.05) is 26.8 Å². The molecule has 0 spiro atoms. The molecule has 1 unspecified atom stereocenters. The Hall–Kier alpha value is -0.670. The fourth-order valence-electron chi connectivity index (χ4n) is 1.94. The molecule has 1 aliphatic rings. The van der Waals surface area contributed by atoms with Crippen LogP contribution in [0.3, 0.4) is 0 Å². The van der Waals surface area contributed by atoms with E-state index in [2.05, 4.69) is 43.3 Å². The Balaban J connectivity index is 2.16. The molecule has 1 aliphatic heterocycles. The van der Waals surface area contributed by atoms with E-state index in [0.29, 0.717) is 18.7 Å². The number of ether oxygens (including phenoxy) is 2. The third kappa shape index (κ3) is 3.50. The SMILES string of the molecule is COC(=O)C1CN(C(=O)c2cc(I)ccc2Br)CCO1. The molecular weight excluding hydrogens is 441 g/mol. The second-order valence-electron chi connectivity index (χ2n) is 4.26. The third-order valence-corrected chi connectivity index (χ3v) is 4.34. The number of amides is 1. The van der Waals surface area contributed by atoms with Crippen molar-refractivity contribution in [3.63, 3.8) is 0 Å². The summed E-state index contributed by atoms with van der Waals surface area (Å²) in [6, 6.07) is 5.57. The van der Waals surface area contributed by atoms with Gasteiger partial charge in [0.1, 0.15) is 0 Å². The van der Waals surface area contributed by atoms with Gasteiger partial charge in [0.25, 0.3) is 5.91 Å². The van der Waals surface area contributed by atoms with Crippen LogP contribution in [0.5, 0.6) is 0 Å². The van der Waals surface area contributed by atoms with Crippen molar-refractivity contribution in [3.8, 4) is 0 Å². The van der Waals surface area contributed by atoms with Gasteiger partial charge in [-0.1, -0.05) is 0 Å². The van der Waals surface area contributed by atoms with E-state index >= 15 is 0 Å². The zero-order valence-electron chi connectivity index (χ0n) is 10.8. The van der Waals surface area contributed by atoms with E-state index in [1.807, 2.05) is 18.2 Å². The van der Waals surface area contributed by atoms with Crippen LogP contribution in [0.2, 0.25) is 0 Å². The molecule has 1 aromatic rings. The maximum Gasteiger partial charge on any atom is 0.336 e. The second-order valence-corrected chi connectivity index (χ2v) is 6.36. The fraction of sp³-hybridized carbons (Fsp3) is 0.385. The van der Waals surface area contributed by atoms with E-state index in [-0.39, 0.29) is 12.5 Å². The number of esters is 1. The summed E-state index contributed by atoms with van der Waals surface area (Å²) in [6.45, 7) is 1.00. The zero-order valence-corrected chi connectivity index (χ0v) is 14.5. The van der Waals surface area contributed by atoms with Gasteiger partial charge >= 0.3 is 5.97 Å². The topological polar surface area (TPSA) is 55.8 Å².